The van der Waals surface area contributed by atoms with Crippen LogP contribution in [0.3, 0.4) is 0 Å². The fraction of sp³-hybridized carbons (Fsp3) is 0.133. The number of methoxy groups -OCH3 is 1. The van der Waals surface area contributed by atoms with Crippen molar-refractivity contribution >= 4 is 11.9 Å². The van der Waals surface area contributed by atoms with Crippen LogP contribution in [0.25, 0.3) is 17.0 Å². The number of benzene rings is 1. The number of hydrogen-bond donors (Lipinski definition) is 0. The Balaban J connectivity index is 2.20. The Kier molecular flexibility index (Phi) is 2.95. The number of aldehydes is 1. The van der Waals surface area contributed by atoms with Crippen LogP contribution in [0.5, 0.6) is 5.75 Å². The van der Waals surface area contributed by atoms with E-state index < -0.39 is 0 Å². The second-order valence-corrected chi connectivity index (χ2v) is 4.52. The van der Waals surface area contributed by atoms with Crippen molar-refractivity contribution in [3.63, 3.8) is 0 Å². The summed E-state index contributed by atoms with van der Waals surface area (Å²) in [5.41, 5.74) is 3.19. The van der Waals surface area contributed by atoms with Crippen molar-refractivity contribution in [2.75, 3.05) is 7.11 Å². The van der Waals surface area contributed by atoms with Crippen molar-refractivity contribution in [2.24, 2.45) is 0 Å². The van der Waals surface area contributed by atoms with E-state index in [1.165, 1.54) is 0 Å². The van der Waals surface area contributed by atoms with E-state index in [2.05, 4.69) is 10.2 Å². The van der Waals surface area contributed by atoms with E-state index in [9.17, 15) is 4.79 Å². The number of ether oxygens (including phenoxy) is 1. The minimum absolute atomic E-state index is 0.601. The fourth-order valence-electron chi connectivity index (χ4n) is 2.18. The first kappa shape index (κ1) is 12.3. The molecular formula is C15H13N3O2. The van der Waals surface area contributed by atoms with Crippen LogP contribution in [-0.2, 0) is 0 Å². The first-order valence-electron chi connectivity index (χ1n) is 6.18. The Morgan fingerprint density at radius 3 is 2.60 bits per heavy atom. The summed E-state index contributed by atoms with van der Waals surface area (Å²) in [6.45, 7) is 1.91. The third-order valence-electron chi connectivity index (χ3n) is 3.19. The minimum atomic E-state index is 0.601. The van der Waals surface area contributed by atoms with Gasteiger partial charge in [-0.2, -0.15) is 0 Å². The van der Waals surface area contributed by atoms with E-state index in [-0.39, 0.29) is 0 Å². The van der Waals surface area contributed by atoms with Gasteiger partial charge in [-0.25, -0.2) is 0 Å². The number of pyridine rings is 1. The maximum Gasteiger partial charge on any atom is 0.168 e. The topological polar surface area (TPSA) is 56.5 Å². The summed E-state index contributed by atoms with van der Waals surface area (Å²) in [5, 5.41) is 8.39. The Labute approximate surface area is 115 Å². The van der Waals surface area contributed by atoms with Gasteiger partial charge in [-0.3, -0.25) is 9.20 Å². The van der Waals surface area contributed by atoms with Gasteiger partial charge in [0.25, 0.3) is 0 Å². The number of rotatable bonds is 3. The lowest BCUT2D eigenvalue weighted by Crippen LogP contribution is -1.95. The number of nitrogens with zero attached hydrogens (tertiary/aromatic N) is 3. The molecule has 0 radical (unpaired) electrons. The van der Waals surface area contributed by atoms with Gasteiger partial charge in [0.2, 0.25) is 0 Å². The normalized spacial score (nSPS) is 10.7. The number of fused-ring (bicyclic) bond motifs is 1. The summed E-state index contributed by atoms with van der Waals surface area (Å²) >= 11 is 0. The lowest BCUT2D eigenvalue weighted by atomic mass is 10.2. The monoisotopic (exact) mass is 267 g/mol. The summed E-state index contributed by atoms with van der Waals surface area (Å²) in [6.07, 6.45) is 2.57. The van der Waals surface area contributed by atoms with E-state index in [0.717, 1.165) is 28.8 Å². The number of carbonyl (C=O) groups excluding carboxylic acids is 1. The summed E-state index contributed by atoms with van der Waals surface area (Å²) < 4.78 is 6.97. The van der Waals surface area contributed by atoms with Crippen molar-refractivity contribution in [3.8, 4) is 17.1 Å². The summed E-state index contributed by atoms with van der Waals surface area (Å²) in [4.78, 5) is 11.0. The van der Waals surface area contributed by atoms with Crippen LogP contribution in [0, 0.1) is 6.92 Å². The van der Waals surface area contributed by atoms with E-state index in [1.54, 1.807) is 19.4 Å². The van der Waals surface area contributed by atoms with Crippen LogP contribution >= 0.6 is 0 Å². The van der Waals surface area contributed by atoms with Crippen LogP contribution in [0.15, 0.2) is 36.5 Å². The molecule has 0 atom stereocenters. The van der Waals surface area contributed by atoms with Crippen LogP contribution in [0.1, 0.15) is 15.9 Å². The van der Waals surface area contributed by atoms with E-state index >= 15 is 0 Å². The predicted molar refractivity (Wildman–Crippen MR) is 75.1 cm³/mol. The zero-order chi connectivity index (χ0) is 14.1. The van der Waals surface area contributed by atoms with Gasteiger partial charge in [0.15, 0.2) is 17.8 Å². The average Bonchev–Trinajstić information content (AvgIpc) is 2.91. The van der Waals surface area contributed by atoms with E-state index in [0.29, 0.717) is 11.4 Å². The summed E-state index contributed by atoms with van der Waals surface area (Å²) in [5.74, 6) is 1.49. The lowest BCUT2D eigenvalue weighted by molar-refractivity contribution is 0.112. The molecule has 2 heterocycles. The van der Waals surface area contributed by atoms with Crippen molar-refractivity contribution in [1.29, 1.82) is 0 Å². The van der Waals surface area contributed by atoms with Gasteiger partial charge in [-0.1, -0.05) is 0 Å². The van der Waals surface area contributed by atoms with Gasteiger partial charge < -0.3 is 4.74 Å². The van der Waals surface area contributed by atoms with Gasteiger partial charge in [0, 0.05) is 17.3 Å². The maximum atomic E-state index is 11.0. The molecule has 0 saturated carbocycles. The molecule has 100 valence electrons. The highest BCUT2D eigenvalue weighted by atomic mass is 16.5. The van der Waals surface area contributed by atoms with Crippen molar-refractivity contribution in [3.05, 3.63) is 47.7 Å². The molecule has 1 aromatic carbocycles. The average molecular weight is 267 g/mol. The second-order valence-electron chi connectivity index (χ2n) is 4.52. The van der Waals surface area contributed by atoms with Crippen LogP contribution in [0.4, 0.5) is 0 Å². The molecule has 0 aliphatic carbocycles. The third-order valence-corrected chi connectivity index (χ3v) is 3.19. The third kappa shape index (κ3) is 1.93. The number of hydrogen-bond acceptors (Lipinski definition) is 4. The molecule has 0 aliphatic rings. The highest BCUT2D eigenvalue weighted by molar-refractivity contribution is 5.76. The largest absolute Gasteiger partial charge is 0.497 e. The molecule has 0 aliphatic heterocycles. The summed E-state index contributed by atoms with van der Waals surface area (Å²) in [6, 6.07) is 9.37. The molecule has 0 fully saturated rings. The lowest BCUT2D eigenvalue weighted by Gasteiger charge is -2.04. The fourth-order valence-corrected chi connectivity index (χ4v) is 2.18. The molecule has 0 unspecified atom stereocenters. The van der Waals surface area contributed by atoms with Gasteiger partial charge in [0.1, 0.15) is 5.75 Å². The van der Waals surface area contributed by atoms with Crippen molar-refractivity contribution in [2.45, 2.75) is 6.92 Å². The molecule has 0 saturated heterocycles. The first-order valence-corrected chi connectivity index (χ1v) is 6.18. The summed E-state index contributed by atoms with van der Waals surface area (Å²) in [7, 11) is 1.63. The SMILES string of the molecule is COc1ccc(-c2nnc3c(C)cc(C=O)cn23)cc1. The van der Waals surface area contributed by atoms with Crippen molar-refractivity contribution < 1.29 is 9.53 Å². The Morgan fingerprint density at radius 1 is 1.20 bits per heavy atom. The standard InChI is InChI=1S/C15H13N3O2/c1-10-7-11(9-19)8-18-14(10)16-17-15(18)12-3-5-13(20-2)6-4-12/h3-9H,1-2H3. The van der Waals surface area contributed by atoms with Gasteiger partial charge >= 0.3 is 0 Å². The molecule has 3 aromatic rings. The number of carbonyl (C=O) groups is 1. The molecule has 3 rings (SSSR count). The van der Waals surface area contributed by atoms with E-state index in [1.807, 2.05) is 35.6 Å². The maximum absolute atomic E-state index is 11.0. The van der Waals surface area contributed by atoms with E-state index in [4.69, 9.17) is 4.74 Å². The minimum Gasteiger partial charge on any atom is -0.497 e. The second kappa shape index (κ2) is 4.77. The number of aromatic nitrogens is 3. The molecular weight excluding hydrogens is 254 g/mol. The molecule has 0 N–H and O–H groups in total. The highest BCUT2D eigenvalue weighted by Gasteiger charge is 2.11. The first-order chi connectivity index (χ1) is 9.72. The molecule has 0 amide bonds. The predicted octanol–water partition coefficient (Wildman–Crippen LogP) is 2.53. The van der Waals surface area contributed by atoms with Crippen LogP contribution in [-0.4, -0.2) is 28.0 Å². The smallest absolute Gasteiger partial charge is 0.168 e. The van der Waals surface area contributed by atoms with Gasteiger partial charge in [0.05, 0.1) is 7.11 Å². The van der Waals surface area contributed by atoms with Gasteiger partial charge in [-0.05, 0) is 42.8 Å². The molecule has 0 bridgehead atoms. The Morgan fingerprint density at radius 2 is 1.95 bits per heavy atom. The molecule has 0 spiro atoms. The quantitative estimate of drug-likeness (QED) is 0.684. The molecule has 2 aromatic heterocycles. The zero-order valence-electron chi connectivity index (χ0n) is 11.2. The Hall–Kier alpha value is -2.69. The van der Waals surface area contributed by atoms with Crippen LogP contribution < -0.4 is 4.74 Å². The molecule has 20 heavy (non-hydrogen) atoms. The van der Waals surface area contributed by atoms with Gasteiger partial charge in [-0.15, -0.1) is 10.2 Å². The number of aryl methyl sites for hydroxylation is 1. The van der Waals surface area contributed by atoms with Crippen molar-refractivity contribution in [1.82, 2.24) is 14.6 Å². The molecule has 5 heteroatoms. The van der Waals surface area contributed by atoms with Crippen LogP contribution in [0.2, 0.25) is 0 Å². The Bertz CT molecular complexity index is 776. The molecule has 5 nitrogen and oxygen atoms in total. The highest BCUT2D eigenvalue weighted by Crippen LogP contribution is 2.22. The zero-order valence-corrected chi connectivity index (χ0v) is 11.2.